The molecule has 0 aromatic heterocycles. The largest absolute Gasteiger partial charge is 0.311 e. The van der Waals surface area contributed by atoms with E-state index in [4.69, 9.17) is 5.10 Å². The van der Waals surface area contributed by atoms with Gasteiger partial charge in [0.15, 0.2) is 0 Å². The van der Waals surface area contributed by atoms with Gasteiger partial charge in [0.25, 0.3) is 0 Å². The minimum Gasteiger partial charge on any atom is -0.311 e. The van der Waals surface area contributed by atoms with E-state index in [1.54, 1.807) is 0 Å². The Morgan fingerprint density at radius 1 is 0.420 bits per heavy atom. The minimum atomic E-state index is 1.00. The molecule has 0 saturated carbocycles. The maximum atomic E-state index is 4.90. The fraction of sp³-hybridized carbons (Fsp3) is 0.0426. The van der Waals surface area contributed by atoms with E-state index in [0.29, 0.717) is 0 Å². The number of hydrazone groups is 1. The normalized spacial score (nSPS) is 10.9. The van der Waals surface area contributed by atoms with E-state index in [1.165, 1.54) is 27.8 Å². The molecule has 50 heavy (non-hydrogen) atoms. The fourth-order valence-corrected chi connectivity index (χ4v) is 6.12. The number of hydrogen-bond acceptors (Lipinski definition) is 3. The van der Waals surface area contributed by atoms with E-state index in [2.05, 4.69) is 176 Å². The molecule has 0 saturated heterocycles. The van der Waals surface area contributed by atoms with E-state index in [1.807, 2.05) is 47.6 Å². The Balaban J connectivity index is 1.20. The quantitative estimate of drug-likeness (QED) is 0.0837. The predicted molar refractivity (Wildman–Crippen MR) is 213 cm³/mol. The lowest BCUT2D eigenvalue weighted by Gasteiger charge is -2.25. The van der Waals surface area contributed by atoms with Crippen LogP contribution in [0.5, 0.6) is 0 Å². The van der Waals surface area contributed by atoms with Crippen LogP contribution in [0.1, 0.15) is 33.4 Å². The SMILES string of the molecule is Cc1cccc(C(=Cc2ccc(N(c3ccccc3)c3ccc(/C=N/N(c4ccccc4)c4ccccc4)cc3)cc2)c2cccc(C)c2)c1. The summed E-state index contributed by atoms with van der Waals surface area (Å²) >= 11 is 0. The topological polar surface area (TPSA) is 18.8 Å². The van der Waals surface area contributed by atoms with Gasteiger partial charge in [-0.3, -0.25) is 0 Å². The van der Waals surface area contributed by atoms with E-state index in [0.717, 1.165) is 39.6 Å². The first-order valence-corrected chi connectivity index (χ1v) is 17.0. The molecule has 0 bridgehead atoms. The molecule has 0 spiro atoms. The molecule has 3 heteroatoms. The summed E-state index contributed by atoms with van der Waals surface area (Å²) in [6.45, 7) is 4.29. The summed E-state index contributed by atoms with van der Waals surface area (Å²) in [7, 11) is 0. The second-order valence-corrected chi connectivity index (χ2v) is 12.4. The number of aryl methyl sites for hydroxylation is 2. The zero-order chi connectivity index (χ0) is 34.1. The van der Waals surface area contributed by atoms with Crippen molar-refractivity contribution < 1.29 is 0 Å². The number of rotatable bonds is 10. The Hall–Kier alpha value is -6.45. The fourth-order valence-electron chi connectivity index (χ4n) is 6.12. The van der Waals surface area contributed by atoms with Crippen LogP contribution in [0.4, 0.5) is 28.4 Å². The van der Waals surface area contributed by atoms with Crippen LogP contribution in [0.25, 0.3) is 11.6 Å². The summed E-state index contributed by atoms with van der Waals surface area (Å²) in [4.78, 5) is 2.29. The van der Waals surface area contributed by atoms with Crippen LogP contribution >= 0.6 is 0 Å². The molecule has 0 aliphatic heterocycles. The van der Waals surface area contributed by atoms with Crippen LogP contribution < -0.4 is 9.91 Å². The van der Waals surface area contributed by atoms with Gasteiger partial charge in [-0.05, 0) is 108 Å². The predicted octanol–water partition coefficient (Wildman–Crippen LogP) is 12.5. The number of nitrogens with zero attached hydrogens (tertiary/aromatic N) is 3. The molecule has 7 rings (SSSR count). The van der Waals surface area contributed by atoms with Gasteiger partial charge >= 0.3 is 0 Å². The molecule has 0 radical (unpaired) electrons. The van der Waals surface area contributed by atoms with Gasteiger partial charge in [0.05, 0.1) is 17.6 Å². The molecule has 0 atom stereocenters. The lowest BCUT2D eigenvalue weighted by atomic mass is 9.93. The summed E-state index contributed by atoms with van der Waals surface area (Å²) in [6, 6.07) is 65.8. The number of para-hydroxylation sites is 3. The van der Waals surface area contributed by atoms with Crippen LogP contribution in [0.15, 0.2) is 193 Å². The molecule has 0 N–H and O–H groups in total. The van der Waals surface area contributed by atoms with Crippen molar-refractivity contribution in [3.05, 3.63) is 221 Å². The highest BCUT2D eigenvalue weighted by atomic mass is 15.5. The van der Waals surface area contributed by atoms with Gasteiger partial charge in [0, 0.05) is 17.1 Å². The summed E-state index contributed by atoms with van der Waals surface area (Å²) in [5.41, 5.74) is 13.5. The maximum absolute atomic E-state index is 4.90. The molecule has 0 unspecified atom stereocenters. The third kappa shape index (κ3) is 7.64. The van der Waals surface area contributed by atoms with Crippen LogP contribution in [-0.4, -0.2) is 6.21 Å². The first-order valence-electron chi connectivity index (χ1n) is 17.0. The molecule has 0 aliphatic carbocycles. The monoisotopic (exact) mass is 645 g/mol. The Morgan fingerprint density at radius 2 is 0.840 bits per heavy atom. The summed E-state index contributed by atoms with van der Waals surface area (Å²) in [6.07, 6.45) is 4.21. The van der Waals surface area contributed by atoms with Gasteiger partial charge in [0.2, 0.25) is 0 Å². The van der Waals surface area contributed by atoms with Gasteiger partial charge in [-0.1, -0.05) is 139 Å². The number of anilines is 5. The highest BCUT2D eigenvalue weighted by Gasteiger charge is 2.13. The van der Waals surface area contributed by atoms with Gasteiger partial charge in [-0.15, -0.1) is 0 Å². The maximum Gasteiger partial charge on any atom is 0.0652 e. The summed E-state index contributed by atoms with van der Waals surface area (Å²) in [5, 5.41) is 6.86. The van der Waals surface area contributed by atoms with Crippen molar-refractivity contribution in [2.24, 2.45) is 5.10 Å². The molecular formula is C47H39N3. The lowest BCUT2D eigenvalue weighted by molar-refractivity contribution is 1.09. The highest BCUT2D eigenvalue weighted by Crippen LogP contribution is 2.35. The van der Waals surface area contributed by atoms with Gasteiger partial charge < -0.3 is 4.90 Å². The smallest absolute Gasteiger partial charge is 0.0652 e. The first kappa shape index (κ1) is 32.1. The standard InChI is InChI=1S/C47H39N3/c1-36-14-12-16-40(32-36)47(41-17-13-15-37(2)33-41)34-38-24-28-43(29-25-38)49(42-18-6-3-7-19-42)44-30-26-39(27-31-44)35-48-50(45-20-8-4-9-21-45)46-22-10-5-11-23-46/h3-35H,1-2H3/b48-35+. The zero-order valence-corrected chi connectivity index (χ0v) is 28.4. The lowest BCUT2D eigenvalue weighted by Crippen LogP contribution is -2.10. The molecule has 0 heterocycles. The Kier molecular flexibility index (Phi) is 9.75. The zero-order valence-electron chi connectivity index (χ0n) is 28.4. The molecule has 0 amide bonds. The summed E-state index contributed by atoms with van der Waals surface area (Å²) in [5.74, 6) is 0. The van der Waals surface area contributed by atoms with E-state index in [-0.39, 0.29) is 0 Å². The van der Waals surface area contributed by atoms with Crippen molar-refractivity contribution >= 4 is 46.3 Å². The molecule has 242 valence electrons. The van der Waals surface area contributed by atoms with Gasteiger partial charge in [-0.2, -0.15) is 5.10 Å². The van der Waals surface area contributed by atoms with Gasteiger partial charge in [0.1, 0.15) is 0 Å². The van der Waals surface area contributed by atoms with E-state index in [9.17, 15) is 0 Å². The minimum absolute atomic E-state index is 1.00. The van der Waals surface area contributed by atoms with Crippen molar-refractivity contribution in [3.8, 4) is 0 Å². The second kappa shape index (κ2) is 15.2. The third-order valence-corrected chi connectivity index (χ3v) is 8.61. The Labute approximate surface area is 295 Å². The number of benzene rings is 7. The van der Waals surface area contributed by atoms with E-state index < -0.39 is 0 Å². The summed E-state index contributed by atoms with van der Waals surface area (Å²) < 4.78 is 0. The second-order valence-electron chi connectivity index (χ2n) is 12.4. The highest BCUT2D eigenvalue weighted by molar-refractivity contribution is 5.92. The van der Waals surface area contributed by atoms with E-state index >= 15 is 0 Å². The molecule has 7 aromatic rings. The molecule has 0 fully saturated rings. The van der Waals surface area contributed by atoms with Crippen LogP contribution in [0, 0.1) is 13.8 Å². The van der Waals surface area contributed by atoms with Crippen LogP contribution in [0.3, 0.4) is 0 Å². The van der Waals surface area contributed by atoms with Crippen molar-refractivity contribution in [1.29, 1.82) is 0 Å². The third-order valence-electron chi connectivity index (χ3n) is 8.61. The molecule has 0 aliphatic rings. The Bertz CT molecular complexity index is 2120. The molecule has 3 nitrogen and oxygen atoms in total. The van der Waals surface area contributed by atoms with Crippen LogP contribution in [0.2, 0.25) is 0 Å². The average molecular weight is 646 g/mol. The molecule has 7 aromatic carbocycles. The van der Waals surface area contributed by atoms with Gasteiger partial charge in [-0.25, -0.2) is 5.01 Å². The molecular weight excluding hydrogens is 607 g/mol. The number of hydrogen-bond donors (Lipinski definition) is 0. The average Bonchev–Trinajstić information content (AvgIpc) is 3.16. The van der Waals surface area contributed by atoms with Crippen molar-refractivity contribution in [2.45, 2.75) is 13.8 Å². The van der Waals surface area contributed by atoms with Crippen molar-refractivity contribution in [2.75, 3.05) is 9.91 Å². The van der Waals surface area contributed by atoms with Crippen LogP contribution in [-0.2, 0) is 0 Å². The first-order chi connectivity index (χ1) is 24.6. The van der Waals surface area contributed by atoms with Crippen molar-refractivity contribution in [1.82, 2.24) is 0 Å². The Morgan fingerprint density at radius 3 is 1.30 bits per heavy atom. The van der Waals surface area contributed by atoms with Crippen molar-refractivity contribution in [3.63, 3.8) is 0 Å².